The van der Waals surface area contributed by atoms with Crippen LogP contribution in [0.2, 0.25) is 0 Å². The topological polar surface area (TPSA) is 54.9 Å². The van der Waals surface area contributed by atoms with E-state index in [2.05, 4.69) is 15.5 Å². The number of anilines is 1. The van der Waals surface area contributed by atoms with Crippen LogP contribution in [0.25, 0.3) is 0 Å². The normalized spacial score (nSPS) is 9.69. The third kappa shape index (κ3) is 2.45. The van der Waals surface area contributed by atoms with Gasteiger partial charge in [-0.15, -0.1) is 16.6 Å². The Balaban J connectivity index is 2.71. The highest BCUT2D eigenvalue weighted by Crippen LogP contribution is 2.24. The van der Waals surface area contributed by atoms with Crippen molar-refractivity contribution in [2.45, 2.75) is 6.43 Å². The van der Waals surface area contributed by atoms with Gasteiger partial charge in [-0.3, -0.25) is 10.1 Å². The number of nitrogens with one attached hydrogen (secondary N) is 1. The number of alkyl halides is 2. The van der Waals surface area contributed by atoms with Gasteiger partial charge >= 0.3 is 5.91 Å². The second-order valence-electron chi connectivity index (χ2n) is 1.84. The molecule has 0 fully saturated rings. The fourth-order valence-corrected chi connectivity index (χ4v) is 1.10. The number of rotatable bonds is 2. The van der Waals surface area contributed by atoms with Crippen LogP contribution in [0.4, 0.5) is 13.9 Å². The molecule has 0 saturated heterocycles. The van der Waals surface area contributed by atoms with E-state index in [1.54, 1.807) is 5.92 Å². The summed E-state index contributed by atoms with van der Waals surface area (Å²) in [6, 6.07) is 0. The Morgan fingerprint density at radius 1 is 1.62 bits per heavy atom. The molecule has 0 aliphatic heterocycles. The van der Waals surface area contributed by atoms with Gasteiger partial charge in [0.2, 0.25) is 5.13 Å². The summed E-state index contributed by atoms with van der Waals surface area (Å²) < 4.78 is 23.9. The molecule has 1 heterocycles. The first kappa shape index (κ1) is 9.54. The maximum absolute atomic E-state index is 12.0. The molecule has 1 aromatic rings. The Labute approximate surface area is 76.0 Å². The number of terminal acetylenes is 1. The summed E-state index contributed by atoms with van der Waals surface area (Å²) in [5.74, 6) is 1.01. The van der Waals surface area contributed by atoms with Gasteiger partial charge in [-0.1, -0.05) is 11.3 Å². The number of hydrogen-bond donors (Lipinski definition) is 1. The largest absolute Gasteiger partial charge is 0.301 e. The molecule has 0 unspecified atom stereocenters. The van der Waals surface area contributed by atoms with Crippen LogP contribution >= 0.6 is 11.3 Å². The lowest BCUT2D eigenvalue weighted by atomic mass is 10.6. The molecule has 0 atom stereocenters. The molecule has 0 saturated carbocycles. The number of amides is 1. The van der Waals surface area contributed by atoms with Gasteiger partial charge in [0.25, 0.3) is 6.43 Å². The van der Waals surface area contributed by atoms with Crippen molar-refractivity contribution >= 4 is 22.4 Å². The first-order valence-corrected chi connectivity index (χ1v) is 3.84. The summed E-state index contributed by atoms with van der Waals surface area (Å²) in [6.07, 6.45) is 2.05. The number of aromatic nitrogens is 2. The van der Waals surface area contributed by atoms with E-state index in [1.165, 1.54) is 0 Å². The Bertz CT molecular complexity index is 357. The molecule has 0 radical (unpaired) electrons. The zero-order chi connectivity index (χ0) is 9.84. The quantitative estimate of drug-likeness (QED) is 0.731. The summed E-state index contributed by atoms with van der Waals surface area (Å²) in [5, 5.41) is 8.05. The second kappa shape index (κ2) is 3.91. The van der Waals surface area contributed by atoms with Gasteiger partial charge in [0.05, 0.1) is 0 Å². The monoisotopic (exact) mass is 203 g/mol. The first-order valence-electron chi connectivity index (χ1n) is 3.02. The van der Waals surface area contributed by atoms with Crippen molar-refractivity contribution in [3.63, 3.8) is 0 Å². The third-order valence-corrected chi connectivity index (χ3v) is 1.82. The van der Waals surface area contributed by atoms with Crippen LogP contribution in [0.3, 0.4) is 0 Å². The highest BCUT2D eigenvalue weighted by molar-refractivity contribution is 7.15. The minimum absolute atomic E-state index is 0.0294. The van der Waals surface area contributed by atoms with Crippen molar-refractivity contribution < 1.29 is 13.6 Å². The number of nitrogens with zero attached hydrogens (tertiary/aromatic N) is 2. The van der Waals surface area contributed by atoms with Crippen LogP contribution in [0.15, 0.2) is 0 Å². The number of carbonyl (C=O) groups excluding carboxylic acids is 1. The van der Waals surface area contributed by atoms with Crippen molar-refractivity contribution in [2.75, 3.05) is 5.32 Å². The first-order chi connectivity index (χ1) is 6.13. The molecular formula is C6H3F2N3OS. The summed E-state index contributed by atoms with van der Waals surface area (Å²) >= 11 is 0.585. The smallest absolute Gasteiger partial charge is 0.289 e. The molecule has 1 rings (SSSR count). The maximum atomic E-state index is 12.0. The molecule has 4 nitrogen and oxygen atoms in total. The fourth-order valence-electron chi connectivity index (χ4n) is 0.506. The van der Waals surface area contributed by atoms with Crippen molar-refractivity contribution in [3.8, 4) is 12.3 Å². The van der Waals surface area contributed by atoms with Gasteiger partial charge in [0.1, 0.15) is 0 Å². The van der Waals surface area contributed by atoms with E-state index in [0.29, 0.717) is 11.3 Å². The summed E-state index contributed by atoms with van der Waals surface area (Å²) in [7, 11) is 0. The molecule has 1 amide bonds. The van der Waals surface area contributed by atoms with E-state index in [0.717, 1.165) is 0 Å². The maximum Gasteiger partial charge on any atom is 0.301 e. The van der Waals surface area contributed by atoms with Crippen molar-refractivity contribution in [3.05, 3.63) is 5.01 Å². The number of hydrogen-bond acceptors (Lipinski definition) is 4. The predicted octanol–water partition coefficient (Wildman–Crippen LogP) is 1.05. The zero-order valence-corrected chi connectivity index (χ0v) is 6.94. The Hall–Kier alpha value is -1.55. The van der Waals surface area contributed by atoms with Crippen molar-refractivity contribution in [1.29, 1.82) is 0 Å². The fraction of sp³-hybridized carbons (Fsp3) is 0.167. The molecular weight excluding hydrogens is 200 g/mol. The minimum Gasteiger partial charge on any atom is -0.289 e. The summed E-state index contributed by atoms with van der Waals surface area (Å²) in [6.45, 7) is 0. The molecule has 13 heavy (non-hydrogen) atoms. The molecule has 7 heteroatoms. The molecule has 1 aromatic heterocycles. The summed E-state index contributed by atoms with van der Waals surface area (Å²) in [4.78, 5) is 10.6. The van der Waals surface area contributed by atoms with Gasteiger partial charge in [0.15, 0.2) is 5.01 Å². The van der Waals surface area contributed by atoms with Crippen LogP contribution in [0.1, 0.15) is 11.4 Å². The van der Waals surface area contributed by atoms with Crippen LogP contribution in [-0.4, -0.2) is 16.1 Å². The minimum atomic E-state index is -2.69. The number of carbonyl (C=O) groups is 1. The van der Waals surface area contributed by atoms with Gasteiger partial charge < -0.3 is 0 Å². The Morgan fingerprint density at radius 2 is 2.31 bits per heavy atom. The van der Waals surface area contributed by atoms with Crippen LogP contribution in [0.5, 0.6) is 0 Å². The van der Waals surface area contributed by atoms with E-state index in [4.69, 9.17) is 6.42 Å². The van der Waals surface area contributed by atoms with E-state index >= 15 is 0 Å². The van der Waals surface area contributed by atoms with E-state index < -0.39 is 17.3 Å². The average Bonchev–Trinajstić information content (AvgIpc) is 2.52. The van der Waals surface area contributed by atoms with Crippen LogP contribution < -0.4 is 5.32 Å². The predicted molar refractivity (Wildman–Crippen MR) is 42.3 cm³/mol. The summed E-state index contributed by atoms with van der Waals surface area (Å²) in [5.41, 5.74) is 0. The van der Waals surface area contributed by atoms with E-state index in [9.17, 15) is 13.6 Å². The van der Waals surface area contributed by atoms with Gasteiger partial charge in [-0.2, -0.15) is 0 Å². The lowest BCUT2D eigenvalue weighted by Crippen LogP contribution is -2.07. The van der Waals surface area contributed by atoms with E-state index in [-0.39, 0.29) is 5.13 Å². The van der Waals surface area contributed by atoms with Gasteiger partial charge in [-0.25, -0.2) is 8.78 Å². The standard InChI is InChI=1S/C6H3F2N3OS/c1-2-3(12)9-6-11-10-5(13-6)4(7)8/h1,4H,(H,9,11,12). The number of halogens is 2. The van der Waals surface area contributed by atoms with E-state index in [1.807, 2.05) is 0 Å². The molecule has 1 N–H and O–H groups in total. The molecule has 0 aliphatic rings. The SMILES string of the molecule is C#CC(=O)Nc1nnc(C(F)F)s1. The van der Waals surface area contributed by atoms with Gasteiger partial charge in [-0.05, 0) is 5.92 Å². The molecule has 0 aliphatic carbocycles. The van der Waals surface area contributed by atoms with Crippen molar-refractivity contribution in [2.24, 2.45) is 0 Å². The highest BCUT2D eigenvalue weighted by Gasteiger charge is 2.14. The van der Waals surface area contributed by atoms with Gasteiger partial charge in [0, 0.05) is 0 Å². The average molecular weight is 203 g/mol. The highest BCUT2D eigenvalue weighted by atomic mass is 32.1. The zero-order valence-electron chi connectivity index (χ0n) is 6.12. The Morgan fingerprint density at radius 3 is 2.77 bits per heavy atom. The lowest BCUT2D eigenvalue weighted by molar-refractivity contribution is -0.111. The van der Waals surface area contributed by atoms with Crippen molar-refractivity contribution in [1.82, 2.24) is 10.2 Å². The lowest BCUT2D eigenvalue weighted by Gasteiger charge is -1.90. The van der Waals surface area contributed by atoms with Crippen LogP contribution in [0, 0.1) is 12.3 Å². The second-order valence-corrected chi connectivity index (χ2v) is 2.85. The molecule has 0 spiro atoms. The van der Waals surface area contributed by atoms with Crippen LogP contribution in [-0.2, 0) is 4.79 Å². The third-order valence-electron chi connectivity index (χ3n) is 0.979. The molecule has 0 aromatic carbocycles. The Kier molecular flexibility index (Phi) is 2.87. The molecule has 68 valence electrons. The molecule has 0 bridgehead atoms.